The first kappa shape index (κ1) is 15.7. The van der Waals surface area contributed by atoms with Crippen molar-refractivity contribution >= 4 is 29.2 Å². The molecule has 8 heteroatoms. The van der Waals surface area contributed by atoms with Crippen LogP contribution in [0.4, 0.5) is 5.88 Å². The summed E-state index contributed by atoms with van der Waals surface area (Å²) in [6.07, 6.45) is -1.07. The summed E-state index contributed by atoms with van der Waals surface area (Å²) < 4.78 is 9.64. The highest BCUT2D eigenvalue weighted by atomic mass is 35.5. The summed E-state index contributed by atoms with van der Waals surface area (Å²) in [7, 11) is 0. The molecule has 0 aliphatic heterocycles. The second-order valence-corrected chi connectivity index (χ2v) is 4.75. The summed E-state index contributed by atoms with van der Waals surface area (Å²) in [4.78, 5) is 33.5. The van der Waals surface area contributed by atoms with Crippen LogP contribution in [0.5, 0.6) is 0 Å². The number of halogens is 1. The van der Waals surface area contributed by atoms with E-state index in [2.05, 4.69) is 0 Å². The average Bonchev–Trinajstić information content (AvgIpc) is 2.97. The molecular formula is C14H10ClNO6. The normalized spacial score (nSPS) is 11.7. The van der Waals surface area contributed by atoms with Gasteiger partial charge in [-0.1, -0.05) is 11.6 Å². The van der Waals surface area contributed by atoms with Crippen LogP contribution in [-0.4, -0.2) is 22.8 Å². The molecule has 0 radical (unpaired) electrons. The van der Waals surface area contributed by atoms with Crippen molar-refractivity contribution in [1.29, 1.82) is 0 Å². The molecule has 0 saturated carbocycles. The van der Waals surface area contributed by atoms with Gasteiger partial charge < -0.3 is 9.15 Å². The van der Waals surface area contributed by atoms with Gasteiger partial charge in [-0.15, -0.1) is 0 Å². The summed E-state index contributed by atoms with van der Waals surface area (Å²) in [6.45, 7) is 1.40. The highest BCUT2D eigenvalue weighted by Gasteiger charge is 2.24. The minimum atomic E-state index is -1.07. The molecule has 1 heterocycles. The third kappa shape index (κ3) is 3.50. The number of ketones is 1. The third-order valence-electron chi connectivity index (χ3n) is 2.75. The molecule has 0 spiro atoms. The number of carbonyl (C=O) groups excluding carboxylic acids is 2. The van der Waals surface area contributed by atoms with Crippen molar-refractivity contribution in [2.24, 2.45) is 0 Å². The molecule has 0 aliphatic carbocycles. The first-order chi connectivity index (χ1) is 10.4. The van der Waals surface area contributed by atoms with Crippen LogP contribution >= 0.6 is 11.6 Å². The molecule has 0 amide bonds. The van der Waals surface area contributed by atoms with Crippen molar-refractivity contribution in [2.75, 3.05) is 0 Å². The molecular weight excluding hydrogens is 314 g/mol. The number of carbonyl (C=O) groups is 2. The first-order valence-corrected chi connectivity index (χ1v) is 6.51. The molecule has 1 aromatic heterocycles. The maximum absolute atomic E-state index is 12.1. The van der Waals surface area contributed by atoms with E-state index in [1.54, 1.807) is 12.1 Å². The Balaban J connectivity index is 2.05. The number of benzene rings is 1. The Morgan fingerprint density at radius 2 is 1.86 bits per heavy atom. The Kier molecular flexibility index (Phi) is 4.57. The Morgan fingerprint density at radius 3 is 2.41 bits per heavy atom. The van der Waals surface area contributed by atoms with E-state index in [0.29, 0.717) is 10.6 Å². The Labute approximate surface area is 129 Å². The van der Waals surface area contributed by atoms with Gasteiger partial charge in [0, 0.05) is 10.6 Å². The molecule has 22 heavy (non-hydrogen) atoms. The zero-order valence-electron chi connectivity index (χ0n) is 11.3. The van der Waals surface area contributed by atoms with Crippen LogP contribution in [0.2, 0.25) is 5.02 Å². The lowest BCUT2D eigenvalue weighted by molar-refractivity contribution is -0.402. The summed E-state index contributed by atoms with van der Waals surface area (Å²) in [5.74, 6) is -2.31. The average molecular weight is 324 g/mol. The van der Waals surface area contributed by atoms with E-state index >= 15 is 0 Å². The van der Waals surface area contributed by atoms with Crippen molar-refractivity contribution < 1.29 is 23.7 Å². The van der Waals surface area contributed by atoms with Crippen molar-refractivity contribution in [3.63, 3.8) is 0 Å². The van der Waals surface area contributed by atoms with Crippen molar-refractivity contribution in [3.8, 4) is 0 Å². The van der Waals surface area contributed by atoms with Crippen LogP contribution in [0, 0.1) is 10.1 Å². The zero-order chi connectivity index (χ0) is 16.3. The number of hydrogen-bond acceptors (Lipinski definition) is 6. The lowest BCUT2D eigenvalue weighted by atomic mass is 10.1. The SMILES string of the molecule is CC(OC(=O)c1ccc([N+](=O)[O-])o1)C(=O)c1ccc(Cl)cc1. The molecule has 1 atom stereocenters. The molecule has 114 valence electrons. The summed E-state index contributed by atoms with van der Waals surface area (Å²) in [5, 5.41) is 11.0. The van der Waals surface area contributed by atoms with Crippen LogP contribution < -0.4 is 0 Å². The van der Waals surface area contributed by atoms with Crippen LogP contribution in [0.25, 0.3) is 0 Å². The van der Waals surface area contributed by atoms with Crippen molar-refractivity contribution in [1.82, 2.24) is 0 Å². The van der Waals surface area contributed by atoms with E-state index < -0.39 is 28.7 Å². The highest BCUT2D eigenvalue weighted by Crippen LogP contribution is 2.18. The maximum Gasteiger partial charge on any atom is 0.433 e. The van der Waals surface area contributed by atoms with E-state index in [0.717, 1.165) is 12.1 Å². The summed E-state index contributed by atoms with van der Waals surface area (Å²) >= 11 is 5.72. The third-order valence-corrected chi connectivity index (χ3v) is 3.01. The van der Waals surface area contributed by atoms with Crippen LogP contribution in [0.1, 0.15) is 27.8 Å². The molecule has 0 saturated heterocycles. The highest BCUT2D eigenvalue weighted by molar-refractivity contribution is 6.30. The number of furan rings is 1. The Morgan fingerprint density at radius 1 is 1.23 bits per heavy atom. The number of Topliss-reactive ketones (excluding diaryl/α,β-unsaturated/α-hetero) is 1. The van der Waals surface area contributed by atoms with Crippen LogP contribution in [-0.2, 0) is 4.74 Å². The van der Waals surface area contributed by atoms with Gasteiger partial charge in [0.2, 0.25) is 11.5 Å². The monoisotopic (exact) mass is 323 g/mol. The van der Waals surface area contributed by atoms with Gasteiger partial charge in [0.05, 0.1) is 6.07 Å². The first-order valence-electron chi connectivity index (χ1n) is 6.13. The summed E-state index contributed by atoms with van der Waals surface area (Å²) in [5.41, 5.74) is 0.329. The second-order valence-electron chi connectivity index (χ2n) is 4.31. The Hall–Kier alpha value is -2.67. The predicted octanol–water partition coefficient (Wildman–Crippen LogP) is 3.27. The number of nitrogens with zero attached hydrogens (tertiary/aromatic N) is 1. The number of esters is 1. The summed E-state index contributed by atoms with van der Waals surface area (Å²) in [6, 6.07) is 8.24. The number of ether oxygens (including phenoxy) is 1. The van der Waals surface area contributed by atoms with Gasteiger partial charge in [0.15, 0.2) is 6.10 Å². The minimum absolute atomic E-state index is 0.329. The van der Waals surface area contributed by atoms with Gasteiger partial charge in [-0.3, -0.25) is 14.9 Å². The van der Waals surface area contributed by atoms with Gasteiger partial charge >= 0.3 is 11.9 Å². The smallest absolute Gasteiger partial charge is 0.433 e. The van der Waals surface area contributed by atoms with Gasteiger partial charge in [0.1, 0.15) is 4.92 Å². The van der Waals surface area contributed by atoms with Gasteiger partial charge in [-0.05, 0) is 37.3 Å². The molecule has 7 nitrogen and oxygen atoms in total. The predicted molar refractivity (Wildman–Crippen MR) is 76.0 cm³/mol. The van der Waals surface area contributed by atoms with E-state index in [1.165, 1.54) is 19.1 Å². The molecule has 0 aliphatic rings. The second kappa shape index (κ2) is 6.40. The minimum Gasteiger partial charge on any atom is -0.448 e. The molecule has 2 rings (SSSR count). The van der Waals surface area contributed by atoms with Crippen molar-refractivity contribution in [3.05, 3.63) is 62.9 Å². The molecule has 1 unspecified atom stereocenters. The standard InChI is InChI=1S/C14H10ClNO6/c1-8(13(17)9-2-4-10(15)5-3-9)21-14(18)11-6-7-12(22-11)16(19)20/h2-8H,1H3. The molecule has 0 N–H and O–H groups in total. The lowest BCUT2D eigenvalue weighted by Crippen LogP contribution is -2.24. The fraction of sp³-hybridized carbons (Fsp3) is 0.143. The number of hydrogen-bond donors (Lipinski definition) is 0. The molecule has 0 bridgehead atoms. The van der Waals surface area contributed by atoms with Crippen molar-refractivity contribution in [2.45, 2.75) is 13.0 Å². The topological polar surface area (TPSA) is 99.7 Å². The zero-order valence-corrected chi connectivity index (χ0v) is 12.1. The number of rotatable bonds is 5. The largest absolute Gasteiger partial charge is 0.448 e. The molecule has 1 aromatic carbocycles. The van der Waals surface area contributed by atoms with E-state index in [1.807, 2.05) is 0 Å². The fourth-order valence-electron chi connectivity index (χ4n) is 1.66. The Bertz CT molecular complexity index is 721. The van der Waals surface area contributed by atoms with Crippen LogP contribution in [0.15, 0.2) is 40.8 Å². The lowest BCUT2D eigenvalue weighted by Gasteiger charge is -2.11. The van der Waals surface area contributed by atoms with E-state index in [9.17, 15) is 19.7 Å². The molecule has 0 fully saturated rings. The van der Waals surface area contributed by atoms with Gasteiger partial charge in [-0.2, -0.15) is 0 Å². The quantitative estimate of drug-likeness (QED) is 0.362. The molecule has 2 aromatic rings. The van der Waals surface area contributed by atoms with Gasteiger partial charge in [-0.25, -0.2) is 4.79 Å². The number of nitro groups is 1. The van der Waals surface area contributed by atoms with E-state index in [4.69, 9.17) is 20.8 Å². The van der Waals surface area contributed by atoms with E-state index in [-0.39, 0.29) is 5.76 Å². The van der Waals surface area contributed by atoms with Gasteiger partial charge in [0.25, 0.3) is 0 Å². The fourth-order valence-corrected chi connectivity index (χ4v) is 1.78. The maximum atomic E-state index is 12.1. The van der Waals surface area contributed by atoms with Crippen LogP contribution in [0.3, 0.4) is 0 Å².